The Morgan fingerprint density at radius 3 is 2.95 bits per heavy atom. The number of ether oxygens (including phenoxy) is 2. The number of fused-ring (bicyclic) bond motifs is 1. The molecule has 21 heavy (non-hydrogen) atoms. The lowest BCUT2D eigenvalue weighted by atomic mass is 10.0. The van der Waals surface area contributed by atoms with Gasteiger partial charge in [0.25, 0.3) is 0 Å². The molecule has 1 heterocycles. The fourth-order valence-corrected chi connectivity index (χ4v) is 2.38. The van der Waals surface area contributed by atoms with Gasteiger partial charge in [-0.25, -0.2) is 4.39 Å². The van der Waals surface area contributed by atoms with Gasteiger partial charge in [0, 0.05) is 18.3 Å². The molecule has 0 amide bonds. The molecule has 0 radical (unpaired) electrons. The molecular weight excluding hydrogens is 269 g/mol. The zero-order chi connectivity index (χ0) is 14.7. The first kappa shape index (κ1) is 13.6. The number of nitrogens with zero attached hydrogens (tertiary/aromatic N) is 1. The van der Waals surface area contributed by atoms with Crippen LogP contribution in [0.25, 0.3) is 0 Å². The maximum Gasteiger partial charge on any atom is 0.125 e. The number of hydrogen-bond donors (Lipinski definition) is 0. The second-order valence-corrected chi connectivity index (χ2v) is 4.89. The second kappa shape index (κ2) is 5.95. The smallest absolute Gasteiger partial charge is 0.125 e. The van der Waals surface area contributed by atoms with Gasteiger partial charge in [0.1, 0.15) is 23.9 Å². The molecule has 0 saturated carbocycles. The zero-order valence-corrected chi connectivity index (χ0v) is 11.8. The van der Waals surface area contributed by atoms with Crippen LogP contribution >= 0.6 is 0 Å². The second-order valence-electron chi connectivity index (χ2n) is 4.89. The van der Waals surface area contributed by atoms with Gasteiger partial charge in [-0.15, -0.1) is 0 Å². The Labute approximate surface area is 123 Å². The quantitative estimate of drug-likeness (QED) is 0.862. The number of methoxy groups -OCH3 is 1. The molecule has 1 aliphatic rings. The van der Waals surface area contributed by atoms with Crippen LogP contribution in [0, 0.1) is 5.82 Å². The Balaban J connectivity index is 1.76. The van der Waals surface area contributed by atoms with E-state index in [1.165, 1.54) is 17.7 Å². The molecule has 2 aromatic rings. The number of halogens is 1. The van der Waals surface area contributed by atoms with Crippen molar-refractivity contribution < 1.29 is 13.9 Å². The summed E-state index contributed by atoms with van der Waals surface area (Å²) in [6, 6.07) is 10.4. The first-order valence-electron chi connectivity index (χ1n) is 6.84. The van der Waals surface area contributed by atoms with Crippen molar-refractivity contribution in [1.82, 2.24) is 0 Å². The standard InChI is InChI=1S/C17H16FNO2/c1-20-17-5-3-15(18)8-14(17)11-21-16-4-2-12-6-7-19-10-13(12)9-16/h2-5,8-10H,6-7,11H2,1H3. The largest absolute Gasteiger partial charge is 0.496 e. The van der Waals surface area contributed by atoms with E-state index in [4.69, 9.17) is 9.47 Å². The van der Waals surface area contributed by atoms with Crippen LogP contribution in [0.15, 0.2) is 41.4 Å². The summed E-state index contributed by atoms with van der Waals surface area (Å²) >= 11 is 0. The van der Waals surface area contributed by atoms with E-state index in [1.54, 1.807) is 13.2 Å². The van der Waals surface area contributed by atoms with Crippen LogP contribution in [0.4, 0.5) is 4.39 Å². The predicted octanol–water partition coefficient (Wildman–Crippen LogP) is 3.39. The minimum absolute atomic E-state index is 0.261. The highest BCUT2D eigenvalue weighted by Gasteiger charge is 2.09. The molecule has 0 saturated heterocycles. The average Bonchev–Trinajstić information content (AvgIpc) is 2.53. The molecule has 0 atom stereocenters. The van der Waals surface area contributed by atoms with Crippen molar-refractivity contribution in [3.8, 4) is 11.5 Å². The van der Waals surface area contributed by atoms with E-state index in [2.05, 4.69) is 11.1 Å². The molecule has 1 aliphatic heterocycles. The Kier molecular flexibility index (Phi) is 3.86. The fourth-order valence-electron chi connectivity index (χ4n) is 2.38. The maximum atomic E-state index is 13.3. The third kappa shape index (κ3) is 3.05. The van der Waals surface area contributed by atoms with Crippen molar-refractivity contribution in [3.63, 3.8) is 0 Å². The minimum atomic E-state index is -0.299. The Morgan fingerprint density at radius 2 is 2.10 bits per heavy atom. The van der Waals surface area contributed by atoms with Crippen molar-refractivity contribution in [2.75, 3.05) is 13.7 Å². The van der Waals surface area contributed by atoms with Crippen LogP contribution in [0.3, 0.4) is 0 Å². The molecule has 2 aromatic carbocycles. The molecule has 108 valence electrons. The van der Waals surface area contributed by atoms with E-state index < -0.39 is 0 Å². The van der Waals surface area contributed by atoms with E-state index in [0.29, 0.717) is 11.3 Å². The van der Waals surface area contributed by atoms with Gasteiger partial charge in [0.2, 0.25) is 0 Å². The topological polar surface area (TPSA) is 30.8 Å². The van der Waals surface area contributed by atoms with Gasteiger partial charge in [-0.05, 0) is 47.9 Å². The van der Waals surface area contributed by atoms with Gasteiger partial charge in [-0.2, -0.15) is 0 Å². The molecular formula is C17H16FNO2. The predicted molar refractivity (Wildman–Crippen MR) is 79.9 cm³/mol. The molecule has 0 bridgehead atoms. The van der Waals surface area contributed by atoms with Gasteiger partial charge < -0.3 is 9.47 Å². The zero-order valence-electron chi connectivity index (χ0n) is 11.8. The third-order valence-corrected chi connectivity index (χ3v) is 3.49. The van der Waals surface area contributed by atoms with Crippen LogP contribution in [-0.2, 0) is 13.0 Å². The highest BCUT2D eigenvalue weighted by atomic mass is 19.1. The lowest BCUT2D eigenvalue weighted by molar-refractivity contribution is 0.295. The molecule has 3 rings (SSSR count). The van der Waals surface area contributed by atoms with Crippen molar-refractivity contribution in [3.05, 3.63) is 58.9 Å². The Hall–Kier alpha value is -2.36. The van der Waals surface area contributed by atoms with Crippen LogP contribution in [-0.4, -0.2) is 19.9 Å². The molecule has 0 aliphatic carbocycles. The molecule has 4 heteroatoms. The van der Waals surface area contributed by atoms with Gasteiger partial charge in [0.15, 0.2) is 0 Å². The van der Waals surface area contributed by atoms with Crippen molar-refractivity contribution in [2.45, 2.75) is 13.0 Å². The Morgan fingerprint density at radius 1 is 1.19 bits per heavy atom. The van der Waals surface area contributed by atoms with Crippen LogP contribution < -0.4 is 9.47 Å². The van der Waals surface area contributed by atoms with Gasteiger partial charge in [-0.3, -0.25) is 4.99 Å². The van der Waals surface area contributed by atoms with E-state index in [1.807, 2.05) is 18.3 Å². The Bertz CT molecular complexity index is 682. The summed E-state index contributed by atoms with van der Waals surface area (Å²) in [4.78, 5) is 4.27. The first-order chi connectivity index (χ1) is 10.3. The molecule has 0 unspecified atom stereocenters. The first-order valence-corrected chi connectivity index (χ1v) is 6.84. The lowest BCUT2D eigenvalue weighted by Crippen LogP contribution is -2.04. The summed E-state index contributed by atoms with van der Waals surface area (Å²) in [6.45, 7) is 1.10. The highest BCUT2D eigenvalue weighted by Crippen LogP contribution is 2.24. The fraction of sp³-hybridized carbons (Fsp3) is 0.235. The summed E-state index contributed by atoms with van der Waals surface area (Å²) < 4.78 is 24.3. The summed E-state index contributed by atoms with van der Waals surface area (Å²) in [5.74, 6) is 1.07. The molecule has 0 aromatic heterocycles. The summed E-state index contributed by atoms with van der Waals surface area (Å²) in [6.07, 6.45) is 2.83. The number of benzene rings is 2. The number of aliphatic imine (C=N–C) groups is 1. The molecule has 3 nitrogen and oxygen atoms in total. The van der Waals surface area contributed by atoms with Gasteiger partial charge >= 0.3 is 0 Å². The van der Waals surface area contributed by atoms with Crippen LogP contribution in [0.1, 0.15) is 16.7 Å². The highest BCUT2D eigenvalue weighted by molar-refractivity contribution is 5.83. The third-order valence-electron chi connectivity index (χ3n) is 3.49. The molecule has 0 fully saturated rings. The summed E-state index contributed by atoms with van der Waals surface area (Å²) in [7, 11) is 1.56. The van der Waals surface area contributed by atoms with Crippen LogP contribution in [0.5, 0.6) is 11.5 Å². The van der Waals surface area contributed by atoms with Gasteiger partial charge in [0.05, 0.1) is 7.11 Å². The maximum absolute atomic E-state index is 13.3. The van der Waals surface area contributed by atoms with E-state index in [9.17, 15) is 4.39 Å². The monoisotopic (exact) mass is 285 g/mol. The summed E-state index contributed by atoms with van der Waals surface area (Å²) in [5.41, 5.74) is 3.05. The van der Waals surface area contributed by atoms with Crippen molar-refractivity contribution in [1.29, 1.82) is 0 Å². The normalized spacial score (nSPS) is 12.9. The van der Waals surface area contributed by atoms with E-state index >= 15 is 0 Å². The number of rotatable bonds is 4. The van der Waals surface area contributed by atoms with E-state index in [-0.39, 0.29) is 12.4 Å². The summed E-state index contributed by atoms with van der Waals surface area (Å²) in [5, 5.41) is 0. The van der Waals surface area contributed by atoms with Crippen LogP contribution in [0.2, 0.25) is 0 Å². The van der Waals surface area contributed by atoms with Crippen molar-refractivity contribution >= 4 is 6.21 Å². The average molecular weight is 285 g/mol. The lowest BCUT2D eigenvalue weighted by Gasteiger charge is -2.13. The molecule has 0 N–H and O–H groups in total. The number of hydrogen-bond acceptors (Lipinski definition) is 3. The van der Waals surface area contributed by atoms with E-state index in [0.717, 1.165) is 24.3 Å². The van der Waals surface area contributed by atoms with Crippen molar-refractivity contribution in [2.24, 2.45) is 4.99 Å². The molecule has 0 spiro atoms. The minimum Gasteiger partial charge on any atom is -0.496 e. The van der Waals surface area contributed by atoms with Gasteiger partial charge in [-0.1, -0.05) is 6.07 Å². The SMILES string of the molecule is COc1ccc(F)cc1COc1ccc2c(c1)C=NCC2.